The van der Waals surface area contributed by atoms with Gasteiger partial charge in [0.05, 0.1) is 5.56 Å². The molecule has 1 heterocycles. The highest BCUT2D eigenvalue weighted by atomic mass is 32.2. The van der Waals surface area contributed by atoms with Crippen molar-refractivity contribution >= 4 is 29.6 Å². The molecule has 5 nitrogen and oxygen atoms in total. The molecule has 5 fully saturated rings. The van der Waals surface area contributed by atoms with Gasteiger partial charge in [0.1, 0.15) is 12.1 Å². The van der Waals surface area contributed by atoms with Gasteiger partial charge in [-0.15, -0.1) is 6.58 Å². The molecule has 4 saturated carbocycles. The summed E-state index contributed by atoms with van der Waals surface area (Å²) in [6, 6.07) is 4.39. The van der Waals surface area contributed by atoms with Crippen LogP contribution in [0.1, 0.15) is 115 Å². The number of carboxylic acids is 1. The predicted molar refractivity (Wildman–Crippen MR) is 207 cm³/mol. The SMILES string of the molecule is C=CC.CC1(C)C(c2ccc(C(=O)O)cc2F)=CCC2(C)C1CCC1(C)C3CCC4(C=O)CCCC4C3CCC12.CNCCN1CCSCC1. The molecule has 50 heavy (non-hydrogen) atoms. The number of carboxylic acid groups (broad SMARTS) is 1. The van der Waals surface area contributed by atoms with E-state index in [-0.39, 0.29) is 21.8 Å². The van der Waals surface area contributed by atoms with Crippen molar-refractivity contribution < 1.29 is 19.1 Å². The van der Waals surface area contributed by atoms with Crippen molar-refractivity contribution in [2.24, 2.45) is 51.2 Å². The van der Waals surface area contributed by atoms with Crippen LogP contribution in [0.2, 0.25) is 0 Å². The number of hydrogen-bond acceptors (Lipinski definition) is 5. The van der Waals surface area contributed by atoms with Crippen LogP contribution in [0, 0.1) is 57.1 Å². The average molecular weight is 709 g/mol. The standard InChI is InChI=1S/C33H43FO3.C7H16N2S.C3H6/c1-30(2)23(22-8-7-20(29(36)37)18-26(22)34)11-15-32(4)27(30)13-16-31(3)24-12-17-33(19-35)14-5-6-25(33)21(24)9-10-28(31)32;1-8-2-3-9-4-6-10-7-5-9;1-3-2/h7-8,11,18-19,21,24-25,27-28H,5-6,9-10,12-17H2,1-4H3,(H,36,37);8H,2-7H2,1H3;3H,1H2,2H3. The third kappa shape index (κ3) is 7.18. The Labute approximate surface area is 306 Å². The summed E-state index contributed by atoms with van der Waals surface area (Å²) in [4.78, 5) is 26.2. The van der Waals surface area contributed by atoms with Crippen molar-refractivity contribution in [1.82, 2.24) is 10.2 Å². The molecule has 0 bridgehead atoms. The number of allylic oxidation sites excluding steroid dienone is 3. The summed E-state index contributed by atoms with van der Waals surface area (Å²) < 4.78 is 15.2. The van der Waals surface area contributed by atoms with E-state index in [1.807, 2.05) is 14.0 Å². The van der Waals surface area contributed by atoms with Crippen LogP contribution in [0.5, 0.6) is 0 Å². The van der Waals surface area contributed by atoms with Crippen molar-refractivity contribution in [1.29, 1.82) is 0 Å². The number of aromatic carboxylic acids is 1. The first-order valence-corrected chi connectivity index (χ1v) is 20.7. The predicted octanol–water partition coefficient (Wildman–Crippen LogP) is 9.63. The zero-order valence-electron chi connectivity index (χ0n) is 31.9. The Morgan fingerprint density at radius 2 is 1.74 bits per heavy atom. The van der Waals surface area contributed by atoms with Crippen molar-refractivity contribution in [2.45, 2.75) is 98.8 Å². The van der Waals surface area contributed by atoms with E-state index >= 15 is 4.39 Å². The second-order valence-corrected chi connectivity index (χ2v) is 18.6. The van der Waals surface area contributed by atoms with E-state index in [1.54, 1.807) is 12.1 Å². The van der Waals surface area contributed by atoms with Gasteiger partial charge in [-0.3, -0.25) is 0 Å². The van der Waals surface area contributed by atoms with Crippen molar-refractivity contribution in [3.05, 3.63) is 53.9 Å². The van der Waals surface area contributed by atoms with E-state index < -0.39 is 11.8 Å². The largest absolute Gasteiger partial charge is 0.478 e. The summed E-state index contributed by atoms with van der Waals surface area (Å²) >= 11 is 2.07. The lowest BCUT2D eigenvalue weighted by molar-refractivity contribution is -0.178. The zero-order valence-corrected chi connectivity index (χ0v) is 32.7. The lowest BCUT2D eigenvalue weighted by Crippen LogP contribution is -2.61. The number of halogens is 1. The molecule has 8 unspecified atom stereocenters. The molecule has 0 radical (unpaired) electrons. The average Bonchev–Trinajstić information content (AvgIpc) is 3.54. The van der Waals surface area contributed by atoms with Gasteiger partial charge < -0.3 is 20.1 Å². The monoisotopic (exact) mass is 708 g/mol. The summed E-state index contributed by atoms with van der Waals surface area (Å²) in [5.41, 5.74) is 1.85. The van der Waals surface area contributed by atoms with Gasteiger partial charge in [0.25, 0.3) is 0 Å². The Morgan fingerprint density at radius 1 is 1.02 bits per heavy atom. The number of rotatable bonds is 6. The molecule has 7 rings (SSSR count). The number of aldehydes is 1. The first kappa shape index (κ1) is 39.3. The molecule has 1 aromatic carbocycles. The normalized spacial score (nSPS) is 37.1. The fourth-order valence-electron chi connectivity index (χ4n) is 12.5. The molecule has 5 aliphatic carbocycles. The minimum atomic E-state index is -1.09. The van der Waals surface area contributed by atoms with Crippen LogP contribution in [0.15, 0.2) is 36.9 Å². The Bertz CT molecular complexity index is 1410. The number of hydrogen-bond donors (Lipinski definition) is 2. The van der Waals surface area contributed by atoms with Crippen molar-refractivity contribution in [3.63, 3.8) is 0 Å². The third-order valence-corrected chi connectivity index (χ3v) is 15.6. The maximum Gasteiger partial charge on any atom is 0.335 e. The van der Waals surface area contributed by atoms with Crippen LogP contribution in [0.4, 0.5) is 4.39 Å². The smallest absolute Gasteiger partial charge is 0.335 e. The Kier molecular flexibility index (Phi) is 12.5. The van der Waals surface area contributed by atoms with E-state index in [2.05, 4.69) is 62.3 Å². The summed E-state index contributed by atoms with van der Waals surface area (Å²) in [6.45, 7) is 19.9. The quantitative estimate of drug-likeness (QED) is 0.227. The van der Waals surface area contributed by atoms with Crippen LogP contribution in [-0.2, 0) is 4.79 Å². The van der Waals surface area contributed by atoms with Crippen LogP contribution in [-0.4, -0.2) is 67.0 Å². The van der Waals surface area contributed by atoms with Gasteiger partial charge in [-0.2, -0.15) is 11.8 Å². The lowest BCUT2D eigenvalue weighted by Gasteiger charge is -2.68. The molecule has 278 valence electrons. The number of nitrogens with one attached hydrogen (secondary N) is 1. The minimum Gasteiger partial charge on any atom is -0.478 e. The van der Waals surface area contributed by atoms with Gasteiger partial charge in [0.15, 0.2) is 0 Å². The van der Waals surface area contributed by atoms with Crippen molar-refractivity contribution in [2.75, 3.05) is 44.7 Å². The van der Waals surface area contributed by atoms with Crippen molar-refractivity contribution in [3.8, 4) is 0 Å². The summed E-state index contributed by atoms with van der Waals surface area (Å²) in [7, 11) is 2.01. The minimum absolute atomic E-state index is 0.00107. The molecule has 0 aromatic heterocycles. The zero-order chi connectivity index (χ0) is 36.3. The van der Waals surface area contributed by atoms with E-state index in [0.717, 1.165) is 43.7 Å². The number of fused-ring (bicyclic) bond motifs is 7. The summed E-state index contributed by atoms with van der Waals surface area (Å²) in [5, 5.41) is 12.5. The van der Waals surface area contributed by atoms with Gasteiger partial charge in [-0.1, -0.05) is 52.3 Å². The molecule has 1 aliphatic heterocycles. The molecule has 1 saturated heterocycles. The first-order chi connectivity index (χ1) is 23.8. The summed E-state index contributed by atoms with van der Waals surface area (Å²) in [6.07, 6.45) is 17.1. The van der Waals surface area contributed by atoms with E-state index in [4.69, 9.17) is 0 Å². The molecule has 0 amide bonds. The lowest BCUT2D eigenvalue weighted by atomic mass is 9.36. The van der Waals surface area contributed by atoms with E-state index in [9.17, 15) is 14.7 Å². The maximum atomic E-state index is 15.2. The van der Waals surface area contributed by atoms with Crippen LogP contribution in [0.3, 0.4) is 0 Å². The second kappa shape index (κ2) is 16.0. The highest BCUT2D eigenvalue weighted by molar-refractivity contribution is 7.99. The molecule has 2 N–H and O–H groups in total. The van der Waals surface area contributed by atoms with Gasteiger partial charge in [0.2, 0.25) is 0 Å². The van der Waals surface area contributed by atoms with Gasteiger partial charge in [0, 0.05) is 48.7 Å². The number of thioether (sulfide) groups is 1. The maximum absolute atomic E-state index is 15.2. The highest BCUT2D eigenvalue weighted by Crippen LogP contribution is 2.73. The third-order valence-electron chi connectivity index (χ3n) is 14.7. The Hall–Kier alpha value is -1.96. The number of likely N-dealkylation sites (N-methyl/N-ethyl adjacent to an activating group) is 1. The van der Waals surface area contributed by atoms with Crippen LogP contribution < -0.4 is 5.32 Å². The topological polar surface area (TPSA) is 69.6 Å². The van der Waals surface area contributed by atoms with Gasteiger partial charge >= 0.3 is 5.97 Å². The molecule has 0 spiro atoms. The molecule has 6 aliphatic rings. The number of carbonyl (C=O) groups is 2. The van der Waals surface area contributed by atoms with Gasteiger partial charge in [-0.25, -0.2) is 9.18 Å². The highest BCUT2D eigenvalue weighted by Gasteiger charge is 2.65. The molecular formula is C43H65FN2O3S. The molecule has 7 heteroatoms. The number of nitrogens with zero attached hydrogens (tertiary/aromatic N) is 1. The number of carbonyl (C=O) groups excluding carboxylic acids is 1. The molecule has 8 atom stereocenters. The Morgan fingerprint density at radius 3 is 2.38 bits per heavy atom. The Balaban J connectivity index is 0.000000317. The first-order valence-electron chi connectivity index (χ1n) is 19.5. The van der Waals surface area contributed by atoms with Crippen LogP contribution >= 0.6 is 11.8 Å². The van der Waals surface area contributed by atoms with Gasteiger partial charge in [-0.05, 0) is 135 Å². The number of benzene rings is 1. The fraction of sp³-hybridized carbons (Fsp3) is 0.721. The fourth-order valence-corrected chi connectivity index (χ4v) is 13.5. The van der Waals surface area contributed by atoms with E-state index in [1.165, 1.54) is 88.1 Å². The van der Waals surface area contributed by atoms with Crippen LogP contribution in [0.25, 0.3) is 5.57 Å². The molecule has 1 aromatic rings. The summed E-state index contributed by atoms with van der Waals surface area (Å²) in [5.74, 6) is 4.23. The molecular weight excluding hydrogens is 644 g/mol. The second-order valence-electron chi connectivity index (χ2n) is 17.4. The van der Waals surface area contributed by atoms with E-state index in [0.29, 0.717) is 34.7 Å².